The number of sulfone groups is 1. The molecule has 0 spiro atoms. The topological polar surface area (TPSA) is 112 Å². The second-order valence-electron chi connectivity index (χ2n) is 4.38. The summed E-state index contributed by atoms with van der Waals surface area (Å²) in [4.78, 5) is 10.3. The quantitative estimate of drug-likeness (QED) is 0.626. The summed E-state index contributed by atoms with van der Waals surface area (Å²) in [5.41, 5.74) is 7.34. The largest absolute Gasteiger partial charge is 0.467 e. The normalized spacial score (nSPS) is 11.3. The van der Waals surface area contributed by atoms with E-state index in [1.165, 1.54) is 12.1 Å². The Morgan fingerprint density at radius 1 is 1.33 bits per heavy atom. The van der Waals surface area contributed by atoms with Crippen molar-refractivity contribution >= 4 is 22.0 Å². The highest BCUT2D eigenvalue weighted by Crippen LogP contribution is 2.28. The molecule has 1 aromatic heterocycles. The van der Waals surface area contributed by atoms with E-state index in [2.05, 4.69) is 9.89 Å². The summed E-state index contributed by atoms with van der Waals surface area (Å²) in [6, 6.07) is 6.18. The third-order valence-electron chi connectivity index (χ3n) is 2.87. The fourth-order valence-electron chi connectivity index (χ4n) is 1.78. The predicted octanol–water partition coefficient (Wildman–Crippen LogP) is 1.04. The fourth-order valence-corrected chi connectivity index (χ4v) is 2.41. The Morgan fingerprint density at radius 2 is 2.00 bits per heavy atom. The lowest BCUT2D eigenvalue weighted by molar-refractivity contribution is -0.128. The number of carbonyl (C=O) groups is 1. The molecular weight excluding hydrogens is 296 g/mol. The number of hydrogen-bond donors (Lipinski definition) is 1. The van der Waals surface area contributed by atoms with Crippen LogP contribution >= 0.6 is 0 Å². The van der Waals surface area contributed by atoms with Gasteiger partial charge in [0.15, 0.2) is 15.6 Å². The minimum Gasteiger partial charge on any atom is -0.467 e. The number of aromatic nitrogens is 1. The lowest BCUT2D eigenvalue weighted by Crippen LogP contribution is -1.99. The Kier molecular flexibility index (Phi) is 4.27. The van der Waals surface area contributed by atoms with Gasteiger partial charge in [0, 0.05) is 18.2 Å². The van der Waals surface area contributed by atoms with Gasteiger partial charge >= 0.3 is 0 Å². The average molecular weight is 310 g/mol. The first kappa shape index (κ1) is 15.0. The van der Waals surface area contributed by atoms with Crippen LogP contribution in [0.2, 0.25) is 0 Å². The number of nitrogens with two attached hydrogens (primary N) is 1. The summed E-state index contributed by atoms with van der Waals surface area (Å²) in [5, 5.41) is 3.86. The maximum Gasteiger partial charge on any atom is 0.293 e. The van der Waals surface area contributed by atoms with Crippen LogP contribution in [0.5, 0.6) is 0 Å². The molecule has 0 saturated carbocycles. The van der Waals surface area contributed by atoms with Gasteiger partial charge in [-0.05, 0) is 12.1 Å². The van der Waals surface area contributed by atoms with Crippen molar-refractivity contribution in [2.24, 2.45) is 0 Å². The Morgan fingerprint density at radius 3 is 2.57 bits per heavy atom. The molecule has 1 aromatic carbocycles. The van der Waals surface area contributed by atoms with Gasteiger partial charge in [0.05, 0.1) is 11.5 Å². The number of carbonyl (C=O) groups excluding carboxylic acids is 1. The molecule has 8 heteroatoms. The lowest BCUT2D eigenvalue weighted by Gasteiger charge is -2.01. The number of nitrogens with zero attached hydrogens (tertiary/aromatic N) is 1. The first-order valence-corrected chi connectivity index (χ1v) is 7.92. The van der Waals surface area contributed by atoms with E-state index in [9.17, 15) is 13.2 Å². The number of hydrogen-bond acceptors (Lipinski definition) is 7. The van der Waals surface area contributed by atoms with Crippen LogP contribution in [-0.4, -0.2) is 32.9 Å². The molecule has 0 radical (unpaired) electrons. The van der Waals surface area contributed by atoms with Crippen molar-refractivity contribution in [1.82, 2.24) is 5.16 Å². The smallest absolute Gasteiger partial charge is 0.293 e. The van der Waals surface area contributed by atoms with Crippen molar-refractivity contribution in [2.75, 3.05) is 18.6 Å². The van der Waals surface area contributed by atoms with Crippen LogP contribution < -0.4 is 5.73 Å². The molecule has 112 valence electrons. The van der Waals surface area contributed by atoms with Gasteiger partial charge in [-0.3, -0.25) is 4.79 Å². The second kappa shape index (κ2) is 5.96. The van der Waals surface area contributed by atoms with E-state index in [0.717, 1.165) is 6.26 Å². The van der Waals surface area contributed by atoms with Crippen molar-refractivity contribution in [3.05, 3.63) is 30.0 Å². The Hall–Kier alpha value is -2.35. The Labute approximate surface area is 121 Å². The zero-order valence-electron chi connectivity index (χ0n) is 11.3. The van der Waals surface area contributed by atoms with Crippen molar-refractivity contribution in [3.63, 3.8) is 0 Å². The van der Waals surface area contributed by atoms with Crippen LogP contribution in [-0.2, 0) is 25.8 Å². The van der Waals surface area contributed by atoms with E-state index in [1.54, 1.807) is 12.1 Å². The van der Waals surface area contributed by atoms with Crippen molar-refractivity contribution < 1.29 is 22.5 Å². The summed E-state index contributed by atoms with van der Waals surface area (Å²) in [6.07, 6.45) is 1.45. The third-order valence-corrected chi connectivity index (χ3v) is 4.00. The van der Waals surface area contributed by atoms with Gasteiger partial charge in [-0.2, -0.15) is 0 Å². The fraction of sp³-hybridized carbons (Fsp3) is 0.231. The van der Waals surface area contributed by atoms with E-state index in [-0.39, 0.29) is 11.5 Å². The van der Waals surface area contributed by atoms with E-state index >= 15 is 0 Å². The van der Waals surface area contributed by atoms with Crippen LogP contribution in [0.1, 0.15) is 5.76 Å². The highest BCUT2D eigenvalue weighted by atomic mass is 32.2. The number of benzene rings is 1. The molecule has 0 fully saturated rings. The number of rotatable bonds is 6. The van der Waals surface area contributed by atoms with E-state index in [4.69, 9.17) is 10.3 Å². The molecule has 0 aliphatic carbocycles. The zero-order chi connectivity index (χ0) is 15.5. The molecule has 2 aromatic rings. The second-order valence-corrected chi connectivity index (χ2v) is 6.40. The van der Waals surface area contributed by atoms with Gasteiger partial charge in [0.2, 0.25) is 0 Å². The van der Waals surface area contributed by atoms with Gasteiger partial charge in [-0.15, -0.1) is 0 Å². The van der Waals surface area contributed by atoms with Crippen LogP contribution in [0.25, 0.3) is 11.3 Å². The standard InChI is InChI=1S/C13H14N2O5S/c1-21(17,18)10-4-2-9(3-5-10)13-12(14)11(20-15-13)6-7-19-8-16/h2-5,8H,6-7,14H2,1H3. The summed E-state index contributed by atoms with van der Waals surface area (Å²) >= 11 is 0. The molecular formula is C13H14N2O5S. The molecule has 2 N–H and O–H groups in total. The zero-order valence-corrected chi connectivity index (χ0v) is 12.1. The van der Waals surface area contributed by atoms with Gasteiger partial charge in [0.25, 0.3) is 6.47 Å². The van der Waals surface area contributed by atoms with Gasteiger partial charge in [0.1, 0.15) is 11.4 Å². The van der Waals surface area contributed by atoms with Gasteiger partial charge in [-0.25, -0.2) is 8.42 Å². The van der Waals surface area contributed by atoms with Gasteiger partial charge < -0.3 is 15.0 Å². The molecule has 7 nitrogen and oxygen atoms in total. The van der Waals surface area contributed by atoms with Crippen molar-refractivity contribution in [3.8, 4) is 11.3 Å². The minimum atomic E-state index is -3.25. The molecule has 0 amide bonds. The van der Waals surface area contributed by atoms with Gasteiger partial charge in [-0.1, -0.05) is 17.3 Å². The van der Waals surface area contributed by atoms with Crippen LogP contribution in [0.4, 0.5) is 5.69 Å². The maximum atomic E-state index is 11.4. The highest BCUT2D eigenvalue weighted by molar-refractivity contribution is 7.90. The Balaban J connectivity index is 2.24. The van der Waals surface area contributed by atoms with E-state index in [1.807, 2.05) is 0 Å². The predicted molar refractivity (Wildman–Crippen MR) is 75.2 cm³/mol. The van der Waals surface area contributed by atoms with Crippen molar-refractivity contribution in [2.45, 2.75) is 11.3 Å². The number of nitrogen functional groups attached to an aromatic ring is 1. The molecule has 1 heterocycles. The summed E-state index contributed by atoms with van der Waals surface area (Å²) < 4.78 is 32.5. The number of anilines is 1. The molecule has 0 saturated heterocycles. The maximum absolute atomic E-state index is 11.4. The third kappa shape index (κ3) is 3.40. The first-order chi connectivity index (χ1) is 9.93. The molecule has 0 aliphatic heterocycles. The monoisotopic (exact) mass is 310 g/mol. The summed E-state index contributed by atoms with van der Waals surface area (Å²) in [6.45, 7) is 0.493. The lowest BCUT2D eigenvalue weighted by atomic mass is 10.1. The molecule has 0 unspecified atom stereocenters. The molecule has 0 atom stereocenters. The van der Waals surface area contributed by atoms with Crippen molar-refractivity contribution in [1.29, 1.82) is 0 Å². The average Bonchev–Trinajstić information content (AvgIpc) is 2.80. The molecule has 0 aliphatic rings. The van der Waals surface area contributed by atoms with Crippen LogP contribution in [0, 0.1) is 0 Å². The molecule has 2 rings (SSSR count). The van der Waals surface area contributed by atoms with Crippen LogP contribution in [0.3, 0.4) is 0 Å². The summed E-state index contributed by atoms with van der Waals surface area (Å²) in [5.74, 6) is 0.416. The highest BCUT2D eigenvalue weighted by Gasteiger charge is 2.15. The van der Waals surface area contributed by atoms with E-state index in [0.29, 0.717) is 35.6 Å². The SMILES string of the molecule is CS(=O)(=O)c1ccc(-c2noc(CCOC=O)c2N)cc1. The summed E-state index contributed by atoms with van der Waals surface area (Å²) in [7, 11) is -3.25. The molecule has 21 heavy (non-hydrogen) atoms. The Bertz CT molecular complexity index is 734. The minimum absolute atomic E-state index is 0.148. The van der Waals surface area contributed by atoms with E-state index < -0.39 is 9.84 Å². The number of ether oxygens (including phenoxy) is 1. The van der Waals surface area contributed by atoms with Crippen LogP contribution in [0.15, 0.2) is 33.7 Å². The molecule has 0 bridgehead atoms. The first-order valence-electron chi connectivity index (χ1n) is 6.03.